The van der Waals surface area contributed by atoms with Crippen LogP contribution in [0.25, 0.3) is 0 Å². The highest BCUT2D eigenvalue weighted by molar-refractivity contribution is 5.55. The third-order valence-corrected chi connectivity index (χ3v) is 3.32. The van der Waals surface area contributed by atoms with Gasteiger partial charge >= 0.3 is 0 Å². The Morgan fingerprint density at radius 1 is 1.31 bits per heavy atom. The van der Waals surface area contributed by atoms with Crippen LogP contribution in [0.5, 0.6) is 17.2 Å². The van der Waals surface area contributed by atoms with Gasteiger partial charge in [0.25, 0.3) is 0 Å². The smallest absolute Gasteiger partial charge is 0.203 e. The molecule has 3 N–H and O–H groups in total. The Morgan fingerprint density at radius 3 is 2.44 bits per heavy atom. The Labute approximate surface area is 95.0 Å². The highest BCUT2D eigenvalue weighted by atomic mass is 16.5. The summed E-state index contributed by atoms with van der Waals surface area (Å²) in [5.41, 5.74) is 6.83. The summed E-state index contributed by atoms with van der Waals surface area (Å²) < 4.78 is 10.3. The fourth-order valence-corrected chi connectivity index (χ4v) is 2.01. The van der Waals surface area contributed by atoms with Crippen LogP contribution in [0.1, 0.15) is 18.4 Å². The molecule has 2 rings (SSSR count). The van der Waals surface area contributed by atoms with Crippen molar-refractivity contribution in [2.45, 2.75) is 18.3 Å². The summed E-state index contributed by atoms with van der Waals surface area (Å²) in [7, 11) is 3.07. The van der Waals surface area contributed by atoms with Gasteiger partial charge in [-0.3, -0.25) is 0 Å². The molecule has 0 bridgehead atoms. The first-order valence-electron chi connectivity index (χ1n) is 5.32. The molecule has 1 saturated carbocycles. The van der Waals surface area contributed by atoms with Crippen LogP contribution in [0.3, 0.4) is 0 Å². The van der Waals surface area contributed by atoms with Crippen LogP contribution in [0.4, 0.5) is 0 Å². The van der Waals surface area contributed by atoms with E-state index < -0.39 is 0 Å². The largest absolute Gasteiger partial charge is 0.504 e. The Bertz CT molecular complexity index is 399. The van der Waals surface area contributed by atoms with E-state index in [4.69, 9.17) is 15.2 Å². The summed E-state index contributed by atoms with van der Waals surface area (Å²) in [5, 5.41) is 9.84. The molecule has 0 aromatic heterocycles. The molecule has 4 heteroatoms. The molecule has 16 heavy (non-hydrogen) atoms. The quantitative estimate of drug-likeness (QED) is 0.809. The molecule has 0 saturated heterocycles. The molecule has 4 nitrogen and oxygen atoms in total. The van der Waals surface area contributed by atoms with E-state index in [-0.39, 0.29) is 11.2 Å². The second kappa shape index (κ2) is 3.87. The third kappa shape index (κ3) is 1.59. The summed E-state index contributed by atoms with van der Waals surface area (Å²) in [6, 6.07) is 3.62. The molecule has 1 fully saturated rings. The molecule has 88 valence electrons. The molecule has 0 heterocycles. The maximum absolute atomic E-state index is 9.84. The van der Waals surface area contributed by atoms with E-state index in [1.165, 1.54) is 7.11 Å². The Hall–Kier alpha value is -1.42. The van der Waals surface area contributed by atoms with Crippen LogP contribution in [0.15, 0.2) is 12.1 Å². The van der Waals surface area contributed by atoms with E-state index in [0.29, 0.717) is 18.0 Å². The van der Waals surface area contributed by atoms with Crippen molar-refractivity contribution in [3.63, 3.8) is 0 Å². The standard InChI is InChI=1S/C12H17NO3/c1-15-10-6-8(12(7-13)3-4-12)5-9(14)11(10)16-2/h5-6,14H,3-4,7,13H2,1-2H3. The lowest BCUT2D eigenvalue weighted by atomic mass is 9.95. The normalized spacial score (nSPS) is 16.9. The second-order valence-corrected chi connectivity index (χ2v) is 4.22. The van der Waals surface area contributed by atoms with Gasteiger partial charge in [0, 0.05) is 12.0 Å². The summed E-state index contributed by atoms with van der Waals surface area (Å²) >= 11 is 0. The van der Waals surface area contributed by atoms with Crippen molar-refractivity contribution in [3.8, 4) is 17.2 Å². The van der Waals surface area contributed by atoms with Crippen LogP contribution < -0.4 is 15.2 Å². The summed E-state index contributed by atoms with van der Waals surface area (Å²) in [5.74, 6) is 1.04. The average molecular weight is 223 g/mol. The molecule has 0 spiro atoms. The first-order chi connectivity index (χ1) is 7.66. The van der Waals surface area contributed by atoms with Gasteiger partial charge in [-0.2, -0.15) is 0 Å². The van der Waals surface area contributed by atoms with E-state index in [1.807, 2.05) is 6.07 Å². The number of rotatable bonds is 4. The number of phenols is 1. The number of methoxy groups -OCH3 is 2. The molecule has 1 aliphatic rings. The van der Waals surface area contributed by atoms with Crippen LogP contribution in [-0.2, 0) is 5.41 Å². The van der Waals surface area contributed by atoms with Crippen LogP contribution in [0.2, 0.25) is 0 Å². The lowest BCUT2D eigenvalue weighted by molar-refractivity contribution is 0.332. The average Bonchev–Trinajstić information content (AvgIpc) is 3.08. The molecule has 1 aromatic rings. The van der Waals surface area contributed by atoms with Crippen molar-refractivity contribution in [3.05, 3.63) is 17.7 Å². The van der Waals surface area contributed by atoms with E-state index in [9.17, 15) is 5.11 Å². The van der Waals surface area contributed by atoms with E-state index in [2.05, 4.69) is 0 Å². The number of hydrogen-bond donors (Lipinski definition) is 2. The lowest BCUT2D eigenvalue weighted by Crippen LogP contribution is -2.19. The van der Waals surface area contributed by atoms with Gasteiger partial charge in [0.2, 0.25) is 5.75 Å². The highest BCUT2D eigenvalue weighted by Gasteiger charge is 2.43. The minimum atomic E-state index is 0.0387. The Kier molecular flexibility index (Phi) is 2.68. The van der Waals surface area contributed by atoms with Crippen LogP contribution in [0, 0.1) is 0 Å². The maximum atomic E-state index is 9.84. The van der Waals surface area contributed by atoms with E-state index in [0.717, 1.165) is 18.4 Å². The Balaban J connectivity index is 2.46. The van der Waals surface area contributed by atoms with Gasteiger partial charge in [0.05, 0.1) is 14.2 Å². The number of ether oxygens (including phenoxy) is 2. The number of nitrogens with two attached hydrogens (primary N) is 1. The van der Waals surface area contributed by atoms with Crippen molar-refractivity contribution in [2.24, 2.45) is 5.73 Å². The van der Waals surface area contributed by atoms with Gasteiger partial charge in [0.15, 0.2) is 11.5 Å². The zero-order valence-corrected chi connectivity index (χ0v) is 9.62. The first kappa shape index (κ1) is 11.1. The second-order valence-electron chi connectivity index (χ2n) is 4.22. The van der Waals surface area contributed by atoms with Gasteiger partial charge in [0.1, 0.15) is 0 Å². The topological polar surface area (TPSA) is 64.7 Å². The van der Waals surface area contributed by atoms with Crippen molar-refractivity contribution < 1.29 is 14.6 Å². The molecule has 0 unspecified atom stereocenters. The van der Waals surface area contributed by atoms with Crippen molar-refractivity contribution in [2.75, 3.05) is 20.8 Å². The van der Waals surface area contributed by atoms with Crippen molar-refractivity contribution >= 4 is 0 Å². The number of phenolic OH excluding ortho intramolecular Hbond substituents is 1. The number of aromatic hydroxyl groups is 1. The van der Waals surface area contributed by atoms with Gasteiger partial charge in [-0.15, -0.1) is 0 Å². The lowest BCUT2D eigenvalue weighted by Gasteiger charge is -2.17. The molecule has 0 amide bonds. The van der Waals surface area contributed by atoms with Crippen molar-refractivity contribution in [1.29, 1.82) is 0 Å². The molecule has 1 aromatic carbocycles. The third-order valence-electron chi connectivity index (χ3n) is 3.32. The zero-order chi connectivity index (χ0) is 11.8. The fraction of sp³-hybridized carbons (Fsp3) is 0.500. The predicted molar refractivity (Wildman–Crippen MR) is 61.2 cm³/mol. The number of hydrogen-bond acceptors (Lipinski definition) is 4. The molecule has 0 aliphatic heterocycles. The SMILES string of the molecule is COc1cc(C2(CN)CC2)cc(O)c1OC. The van der Waals surface area contributed by atoms with Crippen molar-refractivity contribution in [1.82, 2.24) is 0 Å². The molecule has 0 atom stereocenters. The first-order valence-corrected chi connectivity index (χ1v) is 5.32. The van der Waals surface area contributed by atoms with Crippen LogP contribution in [-0.4, -0.2) is 25.9 Å². The molecule has 1 aliphatic carbocycles. The van der Waals surface area contributed by atoms with Crippen LogP contribution >= 0.6 is 0 Å². The molecular weight excluding hydrogens is 206 g/mol. The van der Waals surface area contributed by atoms with Gasteiger partial charge in [-0.1, -0.05) is 0 Å². The summed E-state index contributed by atoms with van der Waals surface area (Å²) in [4.78, 5) is 0. The minimum absolute atomic E-state index is 0.0387. The van der Waals surface area contributed by atoms with Gasteiger partial charge in [-0.05, 0) is 30.5 Å². The summed E-state index contributed by atoms with van der Waals surface area (Å²) in [6.45, 7) is 0.599. The van der Waals surface area contributed by atoms with Gasteiger partial charge < -0.3 is 20.3 Å². The number of benzene rings is 1. The minimum Gasteiger partial charge on any atom is -0.504 e. The predicted octanol–water partition coefficient (Wildman–Crippen LogP) is 1.40. The Morgan fingerprint density at radius 2 is 2.00 bits per heavy atom. The van der Waals surface area contributed by atoms with Gasteiger partial charge in [-0.25, -0.2) is 0 Å². The molecule has 0 radical (unpaired) electrons. The summed E-state index contributed by atoms with van der Waals surface area (Å²) in [6.07, 6.45) is 2.14. The molecular formula is C12H17NO3. The van der Waals surface area contributed by atoms with E-state index >= 15 is 0 Å². The monoisotopic (exact) mass is 223 g/mol. The van der Waals surface area contributed by atoms with E-state index in [1.54, 1.807) is 13.2 Å². The maximum Gasteiger partial charge on any atom is 0.203 e. The zero-order valence-electron chi connectivity index (χ0n) is 9.62. The highest BCUT2D eigenvalue weighted by Crippen LogP contribution is 2.51. The fourth-order valence-electron chi connectivity index (χ4n) is 2.01.